The summed E-state index contributed by atoms with van der Waals surface area (Å²) in [4.78, 5) is 46.2. The van der Waals surface area contributed by atoms with Gasteiger partial charge in [0.15, 0.2) is 0 Å². The van der Waals surface area contributed by atoms with Crippen molar-refractivity contribution < 1.29 is 24.2 Å². The molecule has 3 amide bonds. The molecule has 2 aromatic carbocycles. The topological polar surface area (TPSA) is 114 Å². The maximum Gasteiger partial charge on any atom is 0.251 e. The van der Waals surface area contributed by atoms with Gasteiger partial charge in [-0.15, -0.1) is 0 Å². The number of benzene rings is 2. The van der Waals surface area contributed by atoms with E-state index in [1.807, 2.05) is 36.0 Å². The van der Waals surface area contributed by atoms with E-state index in [2.05, 4.69) is 34.6 Å². The number of piperazine rings is 1. The second-order valence-electron chi connectivity index (χ2n) is 14.0. The van der Waals surface area contributed by atoms with Gasteiger partial charge in [0.25, 0.3) is 5.91 Å². The molecular formula is C37H53N5O5. The molecule has 47 heavy (non-hydrogen) atoms. The molecule has 5 rings (SSSR count). The second-order valence-corrected chi connectivity index (χ2v) is 14.0. The van der Waals surface area contributed by atoms with Crippen LogP contribution in [0.3, 0.4) is 0 Å². The molecule has 3 N–H and O–H groups in total. The van der Waals surface area contributed by atoms with Crippen LogP contribution in [-0.2, 0) is 16.1 Å². The molecule has 3 aliphatic rings. The smallest absolute Gasteiger partial charge is 0.251 e. The summed E-state index contributed by atoms with van der Waals surface area (Å²) in [5.74, 6) is 1.18. The van der Waals surface area contributed by atoms with Crippen molar-refractivity contribution in [3.05, 3.63) is 59.7 Å². The molecule has 0 radical (unpaired) electrons. The summed E-state index contributed by atoms with van der Waals surface area (Å²) in [6.45, 7) is 6.22. The zero-order valence-corrected chi connectivity index (χ0v) is 28.4. The number of carbonyl (C=O) groups is 3. The number of rotatable bonds is 13. The number of aliphatic hydroxyl groups is 1. The third-order valence-electron chi connectivity index (χ3n) is 10.1. The van der Waals surface area contributed by atoms with Crippen molar-refractivity contribution in [2.45, 2.75) is 94.9 Å². The van der Waals surface area contributed by atoms with Crippen LogP contribution in [0.2, 0.25) is 0 Å². The normalized spacial score (nSPS) is 21.1. The van der Waals surface area contributed by atoms with Crippen molar-refractivity contribution in [1.82, 2.24) is 25.3 Å². The summed E-state index contributed by atoms with van der Waals surface area (Å²) in [6, 6.07) is 14.5. The van der Waals surface area contributed by atoms with Crippen molar-refractivity contribution in [3.8, 4) is 11.5 Å². The first-order valence-electron chi connectivity index (χ1n) is 17.5. The molecule has 0 aromatic heterocycles. The van der Waals surface area contributed by atoms with E-state index in [0.29, 0.717) is 75.3 Å². The minimum Gasteiger partial charge on any atom is -0.457 e. The van der Waals surface area contributed by atoms with Crippen molar-refractivity contribution in [3.63, 3.8) is 0 Å². The fourth-order valence-corrected chi connectivity index (χ4v) is 7.25. The molecule has 2 aromatic rings. The Morgan fingerprint density at radius 3 is 2.23 bits per heavy atom. The largest absolute Gasteiger partial charge is 0.457 e. The predicted octanol–water partition coefficient (Wildman–Crippen LogP) is 4.32. The summed E-state index contributed by atoms with van der Waals surface area (Å²) in [6.07, 6.45) is 7.73. The monoisotopic (exact) mass is 647 g/mol. The highest BCUT2D eigenvalue weighted by Gasteiger charge is 2.54. The fraction of sp³-hybridized carbons (Fsp3) is 0.595. The molecular weight excluding hydrogens is 594 g/mol. The first kappa shape index (κ1) is 34.9. The Balaban J connectivity index is 1.14. The van der Waals surface area contributed by atoms with Gasteiger partial charge in [0.2, 0.25) is 11.8 Å². The van der Waals surface area contributed by atoms with Crippen molar-refractivity contribution in [1.29, 1.82) is 0 Å². The zero-order chi connectivity index (χ0) is 33.4. The van der Waals surface area contributed by atoms with Gasteiger partial charge in [-0.2, -0.15) is 0 Å². The lowest BCUT2D eigenvalue weighted by atomic mass is 9.77. The number of hydrogen-bond acceptors (Lipinski definition) is 7. The summed E-state index contributed by atoms with van der Waals surface area (Å²) >= 11 is 0. The van der Waals surface area contributed by atoms with Crippen molar-refractivity contribution >= 4 is 17.7 Å². The third kappa shape index (κ3) is 8.72. The van der Waals surface area contributed by atoms with Gasteiger partial charge in [-0.05, 0) is 88.2 Å². The first-order chi connectivity index (χ1) is 22.6. The average Bonchev–Trinajstić information content (AvgIpc) is 3.06. The van der Waals surface area contributed by atoms with Crippen LogP contribution in [0.15, 0.2) is 48.5 Å². The number of carbonyl (C=O) groups excluding carboxylic acids is 3. The lowest BCUT2D eigenvalue weighted by Gasteiger charge is -2.52. The fourth-order valence-electron chi connectivity index (χ4n) is 7.25. The number of hydrogen-bond donors (Lipinski definition) is 3. The molecule has 0 bridgehead atoms. The number of piperidine rings is 1. The highest BCUT2D eigenvalue weighted by Crippen LogP contribution is 2.38. The van der Waals surface area contributed by atoms with E-state index in [0.717, 1.165) is 50.8 Å². The molecule has 3 fully saturated rings. The number of nitrogens with one attached hydrogen (secondary N) is 2. The lowest BCUT2D eigenvalue weighted by molar-refractivity contribution is -0.163. The van der Waals surface area contributed by atoms with E-state index >= 15 is 0 Å². The Morgan fingerprint density at radius 1 is 0.979 bits per heavy atom. The Kier molecular flexibility index (Phi) is 11.6. The van der Waals surface area contributed by atoms with E-state index in [1.54, 1.807) is 24.3 Å². The predicted molar refractivity (Wildman–Crippen MR) is 182 cm³/mol. The number of unbranched alkanes of at least 4 members (excludes halogenated alkanes) is 1. The molecule has 1 aliphatic carbocycles. The van der Waals surface area contributed by atoms with Crippen LogP contribution in [0, 0.1) is 0 Å². The number of likely N-dealkylation sites (tertiary alicyclic amines) is 1. The van der Waals surface area contributed by atoms with E-state index in [1.165, 1.54) is 0 Å². The van der Waals surface area contributed by atoms with Crippen molar-refractivity contribution in [2.24, 2.45) is 0 Å². The van der Waals surface area contributed by atoms with Gasteiger partial charge in [-0.1, -0.05) is 44.7 Å². The Labute approximate surface area is 279 Å². The van der Waals surface area contributed by atoms with Crippen LogP contribution in [0.25, 0.3) is 0 Å². The van der Waals surface area contributed by atoms with Crippen molar-refractivity contribution in [2.75, 3.05) is 46.8 Å². The average molecular weight is 648 g/mol. The van der Waals surface area contributed by atoms with Crippen LogP contribution >= 0.6 is 0 Å². The van der Waals surface area contributed by atoms with Gasteiger partial charge in [0.05, 0.1) is 5.60 Å². The van der Waals surface area contributed by atoms with Gasteiger partial charge in [-0.25, -0.2) is 0 Å². The highest BCUT2D eigenvalue weighted by atomic mass is 16.5. The molecule has 2 aliphatic heterocycles. The summed E-state index contributed by atoms with van der Waals surface area (Å²) in [7, 11) is 3.94. The second kappa shape index (κ2) is 15.6. The molecule has 1 atom stereocenters. The maximum absolute atomic E-state index is 13.9. The number of amides is 3. The summed E-state index contributed by atoms with van der Waals surface area (Å²) in [5.41, 5.74) is 0.0431. The molecule has 1 spiro atoms. The number of nitrogens with zero attached hydrogens (tertiary/aromatic N) is 3. The van der Waals surface area contributed by atoms with E-state index in [-0.39, 0.29) is 17.7 Å². The van der Waals surface area contributed by atoms with Crippen LogP contribution in [-0.4, -0.2) is 102 Å². The molecule has 0 unspecified atom stereocenters. The molecule has 2 saturated heterocycles. The Hall–Kier alpha value is -3.47. The van der Waals surface area contributed by atoms with E-state index in [9.17, 15) is 19.5 Å². The van der Waals surface area contributed by atoms with Gasteiger partial charge < -0.3 is 30.3 Å². The van der Waals surface area contributed by atoms with Gasteiger partial charge >= 0.3 is 0 Å². The number of likely N-dealkylation sites (N-methyl/N-ethyl adjacent to an activating group) is 1. The maximum atomic E-state index is 13.9. The third-order valence-corrected chi connectivity index (χ3v) is 10.1. The Bertz CT molecular complexity index is 1350. The van der Waals surface area contributed by atoms with Gasteiger partial charge in [-0.3, -0.25) is 19.3 Å². The van der Waals surface area contributed by atoms with Crippen LogP contribution in [0.4, 0.5) is 0 Å². The minimum atomic E-state index is -0.870. The van der Waals surface area contributed by atoms with Crippen LogP contribution in [0.5, 0.6) is 11.5 Å². The van der Waals surface area contributed by atoms with E-state index < -0.39 is 17.2 Å². The summed E-state index contributed by atoms with van der Waals surface area (Å²) in [5, 5.41) is 17.2. The van der Waals surface area contributed by atoms with Crippen LogP contribution in [0.1, 0.15) is 87.1 Å². The van der Waals surface area contributed by atoms with Gasteiger partial charge in [0.1, 0.15) is 23.1 Å². The van der Waals surface area contributed by atoms with Crippen LogP contribution < -0.4 is 15.4 Å². The first-order valence-corrected chi connectivity index (χ1v) is 17.5. The molecule has 10 nitrogen and oxygen atoms in total. The highest BCUT2D eigenvalue weighted by molar-refractivity contribution is 6.00. The molecule has 10 heteroatoms. The summed E-state index contributed by atoms with van der Waals surface area (Å²) < 4.78 is 6.02. The lowest BCUT2D eigenvalue weighted by Crippen LogP contribution is -2.73. The SMILES string of the molecule is CCCCN1C(=O)[C@@H](CC2(O)CCCCC2)NC(=O)C12CCN(Cc1ccc(Oc3ccc(C(=O)NCCN(C)C)cc3)cc1)CC2. The van der Waals surface area contributed by atoms with Gasteiger partial charge in [0, 0.05) is 51.3 Å². The Morgan fingerprint density at radius 2 is 1.62 bits per heavy atom. The number of ether oxygens (including phenoxy) is 1. The molecule has 2 heterocycles. The minimum absolute atomic E-state index is 0.0287. The molecule has 1 saturated carbocycles. The van der Waals surface area contributed by atoms with E-state index in [4.69, 9.17) is 4.74 Å². The standard InChI is InChI=1S/C37H53N5O5/c1-4-5-22-42-34(44)32(26-36(46)17-7-6-8-18-36)39-35(45)37(42)19-23-41(24-20-37)27-28-9-13-30(14-10-28)47-31-15-11-29(12-16-31)33(43)38-21-25-40(2)3/h9-16,32,46H,4-8,17-27H2,1-3H3,(H,38,43)(H,39,45)/t32-/m1/s1. The quantitative estimate of drug-likeness (QED) is 0.297. The zero-order valence-electron chi connectivity index (χ0n) is 28.4. The molecule has 256 valence electrons.